The Kier molecular flexibility index (Phi) is 30.7. The van der Waals surface area contributed by atoms with Crippen LogP contribution in [0.5, 0.6) is 0 Å². The minimum atomic E-state index is -1.01. The van der Waals surface area contributed by atoms with Gasteiger partial charge in [0.2, 0.25) is 0 Å². The van der Waals surface area contributed by atoms with E-state index in [-0.39, 0.29) is 24.7 Å². The van der Waals surface area contributed by atoms with Crippen LogP contribution in [0.4, 0.5) is 0 Å². The van der Waals surface area contributed by atoms with Crippen LogP contribution in [0.25, 0.3) is 0 Å². The predicted molar refractivity (Wildman–Crippen MR) is 126 cm³/mol. The Morgan fingerprint density at radius 3 is 1.93 bits per heavy atom. The fourth-order valence-corrected chi connectivity index (χ4v) is 3.03. The molecule has 0 fully saturated rings. The average Bonchev–Trinajstić information content (AvgIpc) is 2.74. The third-order valence-electron chi connectivity index (χ3n) is 4.59. The second-order valence-electron chi connectivity index (χ2n) is 6.98. The molecule has 0 aliphatic heterocycles. The number of carbonyl (C=O) groups excluding carboxylic acids is 1. The fraction of sp³-hybridized carbons (Fsp3) is 0.875. The normalized spacial score (nSPS) is 15.1. The molecule has 176 valence electrons. The zero-order chi connectivity index (χ0) is 23.9. The van der Waals surface area contributed by atoms with Gasteiger partial charge < -0.3 is 24.3 Å². The highest BCUT2D eigenvalue weighted by atomic mass is 16.5. The fourth-order valence-electron chi connectivity index (χ4n) is 3.03. The molecule has 0 saturated heterocycles. The summed E-state index contributed by atoms with van der Waals surface area (Å²) >= 11 is 0. The second-order valence-corrected chi connectivity index (χ2v) is 6.98. The topological polar surface area (TPSA) is 59.0 Å². The van der Waals surface area contributed by atoms with Crippen LogP contribution in [0.1, 0.15) is 80.6 Å². The van der Waals surface area contributed by atoms with Crippen LogP contribution in [0.15, 0.2) is 0 Å². The third kappa shape index (κ3) is 18.8. The van der Waals surface area contributed by atoms with Gasteiger partial charge in [-0.2, -0.15) is 0 Å². The van der Waals surface area contributed by atoms with E-state index in [0.29, 0.717) is 0 Å². The van der Waals surface area contributed by atoms with E-state index in [1.807, 2.05) is 34.6 Å². The van der Waals surface area contributed by atoms with Crippen LogP contribution in [-0.4, -0.2) is 68.5 Å². The summed E-state index contributed by atoms with van der Waals surface area (Å²) in [6.07, 6.45) is 14.3. The predicted octanol–water partition coefficient (Wildman–Crippen LogP) is 4.81. The van der Waals surface area contributed by atoms with E-state index in [9.17, 15) is 9.90 Å². The summed E-state index contributed by atoms with van der Waals surface area (Å²) in [5.41, 5.74) is -1.01. The SMILES string of the molecule is C#C.CC.CC.COC[C@@](C)(O)[C@H](OC)[C@@H](C)N(C)CCCCCC[C@@H](C)C=O. The number of methoxy groups -OCH3 is 2. The van der Waals surface area contributed by atoms with Gasteiger partial charge in [-0.3, -0.25) is 0 Å². The molecule has 5 heteroatoms. The van der Waals surface area contributed by atoms with Crippen molar-refractivity contribution in [3.8, 4) is 12.8 Å². The van der Waals surface area contributed by atoms with Crippen molar-refractivity contribution >= 4 is 6.29 Å². The molecule has 5 nitrogen and oxygen atoms in total. The summed E-state index contributed by atoms with van der Waals surface area (Å²) in [5.74, 6) is 0.183. The third-order valence-corrected chi connectivity index (χ3v) is 4.59. The lowest BCUT2D eigenvalue weighted by Crippen LogP contribution is -2.55. The van der Waals surface area contributed by atoms with Crippen molar-refractivity contribution < 1.29 is 19.4 Å². The molecule has 0 aromatic carbocycles. The monoisotopic (exact) mass is 417 g/mol. The lowest BCUT2D eigenvalue weighted by Gasteiger charge is -2.39. The van der Waals surface area contributed by atoms with Crippen LogP contribution in [0.3, 0.4) is 0 Å². The molecule has 4 atom stereocenters. The number of ether oxygens (including phenoxy) is 2. The number of hydrogen-bond donors (Lipinski definition) is 1. The standard InChI is InChI=1S/C18H37NO4.2C2H6.C2H2/c1-15(13-20)11-9-7-8-10-12-19(4)16(2)17(23-6)18(3,21)14-22-5;3*1-2/h13,15-17,21H,7-12,14H2,1-6H3;2*1-2H3;1-2H/t15-,16-,17-,18-;;;/m1.../s1. The van der Waals surface area contributed by atoms with E-state index < -0.39 is 5.60 Å². The smallest absolute Gasteiger partial charge is 0.122 e. The Morgan fingerprint density at radius 1 is 1.03 bits per heavy atom. The van der Waals surface area contributed by atoms with Crippen LogP contribution in [-0.2, 0) is 14.3 Å². The highest BCUT2D eigenvalue weighted by molar-refractivity contribution is 5.52. The highest BCUT2D eigenvalue weighted by Crippen LogP contribution is 2.20. The van der Waals surface area contributed by atoms with E-state index in [4.69, 9.17) is 9.47 Å². The number of likely N-dealkylation sites (N-methyl/N-ethyl adjacent to an activating group) is 1. The van der Waals surface area contributed by atoms with Gasteiger partial charge >= 0.3 is 0 Å². The second kappa shape index (κ2) is 25.1. The van der Waals surface area contributed by atoms with Crippen LogP contribution < -0.4 is 0 Å². The van der Waals surface area contributed by atoms with Crippen molar-refractivity contribution in [1.29, 1.82) is 0 Å². The molecular weight excluding hydrogens is 366 g/mol. The number of rotatable bonds is 14. The zero-order valence-electron chi connectivity index (χ0n) is 21.0. The molecular formula is C24H51NO4. The van der Waals surface area contributed by atoms with Gasteiger partial charge in [-0.25, -0.2) is 0 Å². The summed E-state index contributed by atoms with van der Waals surface area (Å²) in [6, 6.07) is 0.0974. The minimum Gasteiger partial charge on any atom is -0.385 e. The first-order valence-electron chi connectivity index (χ1n) is 11.0. The first-order chi connectivity index (χ1) is 13.8. The lowest BCUT2D eigenvalue weighted by atomic mass is 9.93. The van der Waals surface area contributed by atoms with Crippen molar-refractivity contribution in [2.75, 3.05) is 34.4 Å². The van der Waals surface area contributed by atoms with E-state index in [1.54, 1.807) is 21.1 Å². The van der Waals surface area contributed by atoms with Gasteiger partial charge in [0.1, 0.15) is 18.0 Å². The van der Waals surface area contributed by atoms with E-state index in [2.05, 4.69) is 31.7 Å². The number of carbonyl (C=O) groups is 1. The molecule has 0 aromatic heterocycles. The number of aldehydes is 1. The molecule has 0 rings (SSSR count). The van der Waals surface area contributed by atoms with Crippen LogP contribution >= 0.6 is 0 Å². The Morgan fingerprint density at radius 2 is 1.52 bits per heavy atom. The molecule has 0 heterocycles. The van der Waals surface area contributed by atoms with Gasteiger partial charge in [-0.15, -0.1) is 12.8 Å². The zero-order valence-corrected chi connectivity index (χ0v) is 21.0. The minimum absolute atomic E-state index is 0.0974. The van der Waals surface area contributed by atoms with Crippen LogP contribution in [0, 0.1) is 18.8 Å². The molecule has 0 aliphatic carbocycles. The number of nitrogens with zero attached hydrogens (tertiary/aromatic N) is 1. The summed E-state index contributed by atoms with van der Waals surface area (Å²) in [5, 5.41) is 10.5. The van der Waals surface area contributed by atoms with Gasteiger partial charge in [0.05, 0.1) is 6.61 Å². The van der Waals surface area contributed by atoms with Crippen molar-refractivity contribution in [1.82, 2.24) is 4.90 Å². The van der Waals surface area contributed by atoms with Crippen molar-refractivity contribution in [2.45, 2.75) is 98.3 Å². The van der Waals surface area contributed by atoms with Gasteiger partial charge in [0, 0.05) is 26.2 Å². The Labute approximate surface area is 182 Å². The molecule has 0 aromatic rings. The maximum atomic E-state index is 10.6. The van der Waals surface area contributed by atoms with E-state index >= 15 is 0 Å². The largest absolute Gasteiger partial charge is 0.385 e. The van der Waals surface area contributed by atoms with Crippen molar-refractivity contribution in [2.24, 2.45) is 5.92 Å². The van der Waals surface area contributed by atoms with E-state index in [1.165, 1.54) is 0 Å². The average molecular weight is 418 g/mol. The summed E-state index contributed by atoms with van der Waals surface area (Å²) in [6.45, 7) is 15.0. The molecule has 0 bridgehead atoms. The van der Waals surface area contributed by atoms with Gasteiger partial charge in [0.25, 0.3) is 0 Å². The van der Waals surface area contributed by atoms with Crippen molar-refractivity contribution in [3.63, 3.8) is 0 Å². The van der Waals surface area contributed by atoms with E-state index in [0.717, 1.165) is 44.9 Å². The molecule has 0 spiro atoms. The Hall–Kier alpha value is -0.930. The number of unbranched alkanes of at least 4 members (excludes halogenated alkanes) is 3. The highest BCUT2D eigenvalue weighted by Gasteiger charge is 2.37. The maximum Gasteiger partial charge on any atom is 0.122 e. The molecule has 0 radical (unpaired) electrons. The number of aliphatic hydroxyl groups is 1. The summed E-state index contributed by atoms with van der Waals surface area (Å²) in [7, 11) is 5.28. The maximum absolute atomic E-state index is 10.6. The lowest BCUT2D eigenvalue weighted by molar-refractivity contribution is -0.138. The molecule has 1 N–H and O–H groups in total. The first kappa shape index (κ1) is 35.5. The van der Waals surface area contributed by atoms with Gasteiger partial charge in [-0.1, -0.05) is 53.9 Å². The first-order valence-corrected chi connectivity index (χ1v) is 11.0. The van der Waals surface area contributed by atoms with Crippen LogP contribution in [0.2, 0.25) is 0 Å². The number of hydrogen-bond acceptors (Lipinski definition) is 5. The van der Waals surface area contributed by atoms with Gasteiger partial charge in [0.15, 0.2) is 0 Å². The molecule has 29 heavy (non-hydrogen) atoms. The Bertz CT molecular complexity index is 345. The molecule has 0 unspecified atom stereocenters. The molecule has 0 amide bonds. The molecule has 0 saturated carbocycles. The van der Waals surface area contributed by atoms with Gasteiger partial charge in [-0.05, 0) is 40.3 Å². The molecule has 0 aliphatic rings. The quantitative estimate of drug-likeness (QED) is 0.250. The Balaban J connectivity index is -0.000000472. The van der Waals surface area contributed by atoms with Crippen molar-refractivity contribution in [3.05, 3.63) is 0 Å². The number of terminal acetylenes is 1. The summed E-state index contributed by atoms with van der Waals surface area (Å²) in [4.78, 5) is 12.8. The summed E-state index contributed by atoms with van der Waals surface area (Å²) < 4.78 is 10.6.